The summed E-state index contributed by atoms with van der Waals surface area (Å²) in [5.74, 6) is 1.60. The highest BCUT2D eigenvalue weighted by atomic mass is 16.5. The van der Waals surface area contributed by atoms with E-state index >= 15 is 0 Å². The van der Waals surface area contributed by atoms with E-state index in [1.165, 1.54) is 31.2 Å². The standard InChI is InChI=1S/C27H41NO3/c1-5-6-7-8-12-19-30-24-15-17-25(18-16-24)31-22-27(29,26(2,3)4)21-28-20-23-13-10-9-11-14-23/h9-11,13-18,28-29H,5-8,12,19-22H2,1-4H3. The van der Waals surface area contributed by atoms with Crippen molar-refractivity contribution in [1.82, 2.24) is 5.32 Å². The lowest BCUT2D eigenvalue weighted by Gasteiger charge is -2.40. The molecule has 0 aliphatic rings. The molecule has 0 heterocycles. The van der Waals surface area contributed by atoms with Crippen molar-refractivity contribution < 1.29 is 14.6 Å². The minimum absolute atomic E-state index is 0.218. The van der Waals surface area contributed by atoms with E-state index in [0.717, 1.165) is 24.5 Å². The Balaban J connectivity index is 1.81. The first kappa shape index (κ1) is 25.2. The largest absolute Gasteiger partial charge is 0.494 e. The maximum atomic E-state index is 11.3. The van der Waals surface area contributed by atoms with Gasteiger partial charge in [0, 0.05) is 13.1 Å². The van der Waals surface area contributed by atoms with Gasteiger partial charge in [0.15, 0.2) is 0 Å². The van der Waals surface area contributed by atoms with Crippen LogP contribution in [0.5, 0.6) is 11.5 Å². The van der Waals surface area contributed by atoms with E-state index in [1.807, 2.05) is 63.2 Å². The van der Waals surface area contributed by atoms with Crippen molar-refractivity contribution in [3.8, 4) is 11.5 Å². The van der Waals surface area contributed by atoms with Crippen molar-refractivity contribution in [2.24, 2.45) is 5.41 Å². The monoisotopic (exact) mass is 427 g/mol. The van der Waals surface area contributed by atoms with Gasteiger partial charge < -0.3 is 19.9 Å². The summed E-state index contributed by atoms with van der Waals surface area (Å²) in [6.07, 6.45) is 6.15. The fourth-order valence-corrected chi connectivity index (χ4v) is 3.27. The van der Waals surface area contributed by atoms with Gasteiger partial charge in [-0.25, -0.2) is 0 Å². The van der Waals surface area contributed by atoms with Crippen LogP contribution in [0.15, 0.2) is 54.6 Å². The third kappa shape index (κ3) is 8.92. The Kier molecular flexibility index (Phi) is 10.4. The first-order valence-corrected chi connectivity index (χ1v) is 11.7. The Bertz CT molecular complexity index is 724. The zero-order chi connectivity index (χ0) is 22.6. The third-order valence-corrected chi connectivity index (χ3v) is 5.80. The molecule has 1 unspecified atom stereocenters. The molecule has 0 aromatic heterocycles. The van der Waals surface area contributed by atoms with Crippen LogP contribution in [-0.2, 0) is 6.54 Å². The summed E-state index contributed by atoms with van der Waals surface area (Å²) in [4.78, 5) is 0. The van der Waals surface area contributed by atoms with Crippen LogP contribution in [0.2, 0.25) is 0 Å². The zero-order valence-electron chi connectivity index (χ0n) is 19.8. The molecule has 0 aliphatic heterocycles. The topological polar surface area (TPSA) is 50.7 Å². The van der Waals surface area contributed by atoms with Crippen LogP contribution < -0.4 is 14.8 Å². The molecule has 0 aliphatic carbocycles. The van der Waals surface area contributed by atoms with Crippen molar-refractivity contribution in [2.45, 2.75) is 71.9 Å². The molecule has 0 radical (unpaired) electrons. The fourth-order valence-electron chi connectivity index (χ4n) is 3.27. The molecule has 2 aromatic carbocycles. The number of nitrogens with one attached hydrogen (secondary N) is 1. The van der Waals surface area contributed by atoms with E-state index < -0.39 is 5.60 Å². The van der Waals surface area contributed by atoms with Crippen molar-refractivity contribution in [1.29, 1.82) is 0 Å². The van der Waals surface area contributed by atoms with Crippen LogP contribution in [0.3, 0.4) is 0 Å². The summed E-state index contributed by atoms with van der Waals surface area (Å²) in [5.41, 5.74) is -0.145. The van der Waals surface area contributed by atoms with Gasteiger partial charge in [-0.05, 0) is 41.7 Å². The van der Waals surface area contributed by atoms with E-state index in [0.29, 0.717) is 13.1 Å². The number of benzene rings is 2. The molecule has 2 aromatic rings. The summed E-state index contributed by atoms with van der Waals surface area (Å²) in [6.45, 7) is 10.5. The highest BCUT2D eigenvalue weighted by Crippen LogP contribution is 2.31. The normalized spacial score (nSPS) is 13.6. The van der Waals surface area contributed by atoms with Crippen LogP contribution in [0.1, 0.15) is 65.4 Å². The SMILES string of the molecule is CCCCCCCOc1ccc(OCC(O)(CNCc2ccccc2)C(C)(C)C)cc1. The number of rotatable bonds is 14. The predicted molar refractivity (Wildman–Crippen MR) is 129 cm³/mol. The summed E-state index contributed by atoms with van der Waals surface area (Å²) in [6, 6.07) is 17.9. The van der Waals surface area contributed by atoms with Crippen LogP contribution in [0.25, 0.3) is 0 Å². The molecular formula is C27H41NO3. The Morgan fingerprint density at radius 3 is 2.03 bits per heavy atom. The predicted octanol–water partition coefficient (Wildman–Crippen LogP) is 5.98. The minimum Gasteiger partial charge on any atom is -0.494 e. The van der Waals surface area contributed by atoms with Crippen molar-refractivity contribution >= 4 is 0 Å². The van der Waals surface area contributed by atoms with Gasteiger partial charge >= 0.3 is 0 Å². The smallest absolute Gasteiger partial charge is 0.119 e. The Hall–Kier alpha value is -2.04. The van der Waals surface area contributed by atoms with Crippen LogP contribution >= 0.6 is 0 Å². The van der Waals surface area contributed by atoms with Gasteiger partial charge in [0.25, 0.3) is 0 Å². The lowest BCUT2D eigenvalue weighted by atomic mass is 9.76. The van der Waals surface area contributed by atoms with Crippen LogP contribution in [0.4, 0.5) is 0 Å². The highest BCUT2D eigenvalue weighted by Gasteiger charge is 2.40. The molecule has 0 bridgehead atoms. The average Bonchev–Trinajstić information content (AvgIpc) is 2.75. The van der Waals surface area contributed by atoms with Crippen LogP contribution in [0, 0.1) is 5.41 Å². The number of aliphatic hydroxyl groups is 1. The molecule has 31 heavy (non-hydrogen) atoms. The van der Waals surface area contributed by atoms with Crippen molar-refractivity contribution in [3.05, 3.63) is 60.2 Å². The van der Waals surface area contributed by atoms with Crippen molar-refractivity contribution in [2.75, 3.05) is 19.8 Å². The third-order valence-electron chi connectivity index (χ3n) is 5.80. The molecule has 0 spiro atoms. The molecule has 1 atom stereocenters. The summed E-state index contributed by atoms with van der Waals surface area (Å²) in [5, 5.41) is 14.7. The van der Waals surface area contributed by atoms with Gasteiger partial charge in [0.05, 0.1) is 6.61 Å². The number of hydrogen-bond acceptors (Lipinski definition) is 4. The van der Waals surface area contributed by atoms with E-state index in [1.54, 1.807) is 0 Å². The quantitative estimate of drug-likeness (QED) is 0.364. The molecule has 0 saturated carbocycles. The molecule has 2 N–H and O–H groups in total. The number of hydrogen-bond donors (Lipinski definition) is 2. The lowest BCUT2D eigenvalue weighted by molar-refractivity contribution is -0.0856. The van der Waals surface area contributed by atoms with Crippen LogP contribution in [-0.4, -0.2) is 30.5 Å². The van der Waals surface area contributed by atoms with E-state index in [-0.39, 0.29) is 12.0 Å². The molecule has 172 valence electrons. The van der Waals surface area contributed by atoms with Gasteiger partial charge in [-0.3, -0.25) is 0 Å². The molecule has 4 nitrogen and oxygen atoms in total. The van der Waals surface area contributed by atoms with E-state index in [4.69, 9.17) is 9.47 Å². The molecule has 0 fully saturated rings. The molecule has 2 rings (SSSR count). The number of unbranched alkanes of at least 4 members (excludes halogenated alkanes) is 4. The minimum atomic E-state index is -1.00. The van der Waals surface area contributed by atoms with Crippen molar-refractivity contribution in [3.63, 3.8) is 0 Å². The second-order valence-electron chi connectivity index (χ2n) is 9.39. The Morgan fingerprint density at radius 1 is 0.806 bits per heavy atom. The highest BCUT2D eigenvalue weighted by molar-refractivity contribution is 5.31. The zero-order valence-corrected chi connectivity index (χ0v) is 19.8. The van der Waals surface area contributed by atoms with Gasteiger partial charge in [-0.2, -0.15) is 0 Å². The first-order chi connectivity index (χ1) is 14.8. The van der Waals surface area contributed by atoms with Gasteiger partial charge in [0.2, 0.25) is 0 Å². The second kappa shape index (κ2) is 12.7. The van der Waals surface area contributed by atoms with Gasteiger partial charge in [-0.15, -0.1) is 0 Å². The maximum Gasteiger partial charge on any atom is 0.119 e. The fraction of sp³-hybridized carbons (Fsp3) is 0.556. The Morgan fingerprint density at radius 2 is 1.42 bits per heavy atom. The maximum absolute atomic E-state index is 11.3. The molecule has 0 saturated heterocycles. The summed E-state index contributed by atoms with van der Waals surface area (Å²) < 4.78 is 11.8. The van der Waals surface area contributed by atoms with E-state index in [2.05, 4.69) is 24.4 Å². The second-order valence-corrected chi connectivity index (χ2v) is 9.39. The summed E-state index contributed by atoms with van der Waals surface area (Å²) >= 11 is 0. The Labute approximate surface area is 189 Å². The molecule has 0 amide bonds. The van der Waals surface area contributed by atoms with Gasteiger partial charge in [0.1, 0.15) is 23.7 Å². The summed E-state index contributed by atoms with van der Waals surface area (Å²) in [7, 11) is 0. The van der Waals surface area contributed by atoms with Gasteiger partial charge in [-0.1, -0.05) is 83.7 Å². The molecule has 4 heteroatoms. The number of ether oxygens (including phenoxy) is 2. The molecular weight excluding hydrogens is 386 g/mol. The first-order valence-electron chi connectivity index (χ1n) is 11.7. The van der Waals surface area contributed by atoms with E-state index in [9.17, 15) is 5.11 Å². The lowest BCUT2D eigenvalue weighted by Crippen LogP contribution is -2.54. The average molecular weight is 428 g/mol.